The zero-order chi connectivity index (χ0) is 14.1. The van der Waals surface area contributed by atoms with Crippen LogP contribution >= 0.6 is 0 Å². The summed E-state index contributed by atoms with van der Waals surface area (Å²) in [5.74, 6) is 6.36. The molecule has 0 fully saturated rings. The Bertz CT molecular complexity index is 851. The van der Waals surface area contributed by atoms with Crippen LogP contribution in [-0.2, 0) is 6.54 Å². The summed E-state index contributed by atoms with van der Waals surface area (Å²) in [6.07, 6.45) is 3.74. The molecular weight excluding hydrogens is 258 g/mol. The van der Waals surface area contributed by atoms with E-state index in [2.05, 4.69) is 45.3 Å². The molecule has 0 spiro atoms. The highest BCUT2D eigenvalue weighted by Gasteiger charge is 2.19. The summed E-state index contributed by atoms with van der Waals surface area (Å²) in [6, 6.07) is 14.1. The van der Waals surface area contributed by atoms with Crippen LogP contribution in [0.5, 0.6) is 0 Å². The van der Waals surface area contributed by atoms with E-state index in [1.807, 2.05) is 30.5 Å². The lowest BCUT2D eigenvalue weighted by Gasteiger charge is -2.18. The molecule has 0 aliphatic carbocycles. The molecule has 0 atom stereocenters. The van der Waals surface area contributed by atoms with Crippen LogP contribution < -0.4 is 5.32 Å². The lowest BCUT2D eigenvalue weighted by Crippen LogP contribution is -2.07. The number of hydrogen-bond acceptors (Lipinski definition) is 2. The van der Waals surface area contributed by atoms with E-state index in [9.17, 15) is 0 Å². The maximum absolute atomic E-state index is 4.24. The predicted octanol–water partition coefficient (Wildman–Crippen LogP) is 3.40. The van der Waals surface area contributed by atoms with Gasteiger partial charge in [-0.05, 0) is 24.1 Å². The quantitative estimate of drug-likeness (QED) is 0.615. The highest BCUT2D eigenvalue weighted by Crippen LogP contribution is 2.37. The fourth-order valence-corrected chi connectivity index (χ4v) is 2.62. The molecule has 3 nitrogen and oxygen atoms in total. The fourth-order valence-electron chi connectivity index (χ4n) is 2.62. The second-order valence-corrected chi connectivity index (χ2v) is 4.92. The zero-order valence-electron chi connectivity index (χ0n) is 11.4. The van der Waals surface area contributed by atoms with Gasteiger partial charge in [-0.1, -0.05) is 30.2 Å². The average molecular weight is 271 g/mol. The molecule has 0 radical (unpaired) electrons. The van der Waals surface area contributed by atoms with Crippen molar-refractivity contribution in [3.63, 3.8) is 0 Å². The first-order valence-corrected chi connectivity index (χ1v) is 6.88. The van der Waals surface area contributed by atoms with Gasteiger partial charge >= 0.3 is 0 Å². The van der Waals surface area contributed by atoms with Crippen molar-refractivity contribution in [2.75, 3.05) is 5.32 Å². The van der Waals surface area contributed by atoms with Gasteiger partial charge in [0.15, 0.2) is 0 Å². The van der Waals surface area contributed by atoms with E-state index < -0.39 is 0 Å². The molecule has 2 N–H and O–H groups in total. The number of nitrogens with zero attached hydrogens (tertiary/aromatic N) is 1. The third-order valence-corrected chi connectivity index (χ3v) is 3.60. The molecule has 1 aliphatic rings. The monoisotopic (exact) mass is 271 g/mol. The van der Waals surface area contributed by atoms with Crippen molar-refractivity contribution < 1.29 is 0 Å². The molecule has 1 aliphatic heterocycles. The van der Waals surface area contributed by atoms with E-state index in [0.717, 1.165) is 23.5 Å². The molecular formula is C18H13N3. The number of fused-ring (bicyclic) bond motifs is 3. The first-order valence-electron chi connectivity index (χ1n) is 6.88. The van der Waals surface area contributed by atoms with Gasteiger partial charge in [-0.2, -0.15) is 0 Å². The molecule has 0 saturated carbocycles. The number of para-hydroxylation sites is 1. The molecule has 0 bridgehead atoms. The number of pyridine rings is 1. The molecule has 3 heteroatoms. The van der Waals surface area contributed by atoms with E-state index >= 15 is 0 Å². The van der Waals surface area contributed by atoms with Gasteiger partial charge in [0.25, 0.3) is 0 Å². The average Bonchev–Trinajstić information content (AvgIpc) is 2.97. The molecule has 0 amide bonds. The Labute approximate surface area is 123 Å². The minimum absolute atomic E-state index is 0.787. The van der Waals surface area contributed by atoms with Crippen LogP contribution in [0.1, 0.15) is 17.0 Å². The van der Waals surface area contributed by atoms with Crippen LogP contribution in [-0.4, -0.2) is 9.97 Å². The number of hydrogen-bond donors (Lipinski definition) is 2. The smallest absolute Gasteiger partial charge is 0.113 e. The van der Waals surface area contributed by atoms with Crippen LogP contribution in [0.25, 0.3) is 11.1 Å². The van der Waals surface area contributed by atoms with Gasteiger partial charge in [0.05, 0.1) is 12.1 Å². The van der Waals surface area contributed by atoms with Crippen molar-refractivity contribution in [3.05, 3.63) is 71.8 Å². The Morgan fingerprint density at radius 1 is 1.00 bits per heavy atom. The fraction of sp³-hybridized carbons (Fsp3) is 0.0556. The van der Waals surface area contributed by atoms with E-state index in [1.165, 1.54) is 16.8 Å². The van der Waals surface area contributed by atoms with E-state index in [1.54, 1.807) is 6.20 Å². The molecule has 3 aromatic rings. The first kappa shape index (κ1) is 11.8. The second-order valence-electron chi connectivity index (χ2n) is 4.92. The van der Waals surface area contributed by atoms with Gasteiger partial charge in [0.1, 0.15) is 5.69 Å². The van der Waals surface area contributed by atoms with Gasteiger partial charge in [-0.15, -0.1) is 0 Å². The number of aromatic nitrogens is 2. The molecule has 0 saturated heterocycles. The summed E-state index contributed by atoms with van der Waals surface area (Å²) >= 11 is 0. The Balaban J connectivity index is 1.81. The van der Waals surface area contributed by atoms with Crippen LogP contribution in [0, 0.1) is 11.8 Å². The number of rotatable bonds is 0. The van der Waals surface area contributed by atoms with E-state index in [-0.39, 0.29) is 0 Å². The van der Waals surface area contributed by atoms with E-state index in [4.69, 9.17) is 0 Å². The number of anilines is 1. The Morgan fingerprint density at radius 3 is 2.81 bits per heavy atom. The highest BCUT2D eigenvalue weighted by molar-refractivity contribution is 5.86. The van der Waals surface area contributed by atoms with Crippen molar-refractivity contribution in [2.45, 2.75) is 6.54 Å². The summed E-state index contributed by atoms with van der Waals surface area (Å²) in [6.45, 7) is 0.803. The molecule has 3 heterocycles. The third kappa shape index (κ3) is 2.07. The van der Waals surface area contributed by atoms with Gasteiger partial charge in [0, 0.05) is 34.9 Å². The SMILES string of the molecule is C(#Cc1c[nH]c2c1-c1ccccc1NC2)c1ccccn1. The summed E-state index contributed by atoms with van der Waals surface area (Å²) in [7, 11) is 0. The van der Waals surface area contributed by atoms with Crippen molar-refractivity contribution in [2.24, 2.45) is 0 Å². The van der Waals surface area contributed by atoms with Crippen LogP contribution in [0.15, 0.2) is 54.9 Å². The minimum atomic E-state index is 0.787. The maximum atomic E-state index is 4.24. The van der Waals surface area contributed by atoms with Gasteiger partial charge in [0.2, 0.25) is 0 Å². The minimum Gasteiger partial charge on any atom is -0.379 e. The lowest BCUT2D eigenvalue weighted by molar-refractivity contribution is 1.06. The zero-order valence-corrected chi connectivity index (χ0v) is 11.4. The van der Waals surface area contributed by atoms with Crippen LogP contribution in [0.2, 0.25) is 0 Å². The standard InChI is InChI=1S/C18H13N3/c1-2-7-16-15(6-1)18-13(11-20-17(18)12-21-16)8-9-14-5-3-4-10-19-14/h1-7,10-11,20-21H,12H2. The van der Waals surface area contributed by atoms with Gasteiger partial charge < -0.3 is 10.3 Å². The Kier molecular flexibility index (Phi) is 2.72. The number of H-pyrrole nitrogens is 1. The van der Waals surface area contributed by atoms with Gasteiger partial charge in [-0.3, -0.25) is 0 Å². The normalized spacial score (nSPS) is 11.6. The van der Waals surface area contributed by atoms with Crippen molar-refractivity contribution in [3.8, 4) is 23.0 Å². The van der Waals surface area contributed by atoms with Gasteiger partial charge in [-0.25, -0.2) is 4.98 Å². The molecule has 100 valence electrons. The third-order valence-electron chi connectivity index (χ3n) is 3.60. The van der Waals surface area contributed by atoms with Crippen molar-refractivity contribution in [1.29, 1.82) is 0 Å². The Hall–Kier alpha value is -2.99. The van der Waals surface area contributed by atoms with E-state index in [0.29, 0.717) is 0 Å². The number of aromatic amines is 1. The molecule has 0 unspecified atom stereocenters. The summed E-state index contributed by atoms with van der Waals surface area (Å²) in [5, 5.41) is 3.41. The Morgan fingerprint density at radius 2 is 1.90 bits per heavy atom. The van der Waals surface area contributed by atoms with Crippen molar-refractivity contribution >= 4 is 5.69 Å². The second kappa shape index (κ2) is 4.84. The molecule has 21 heavy (non-hydrogen) atoms. The van der Waals surface area contributed by atoms with Crippen LogP contribution in [0.3, 0.4) is 0 Å². The first-order chi connectivity index (χ1) is 10.4. The summed E-state index contributed by atoms with van der Waals surface area (Å²) in [4.78, 5) is 7.56. The molecule has 2 aromatic heterocycles. The topological polar surface area (TPSA) is 40.7 Å². The molecule has 4 rings (SSSR count). The largest absolute Gasteiger partial charge is 0.379 e. The predicted molar refractivity (Wildman–Crippen MR) is 83.8 cm³/mol. The summed E-state index contributed by atoms with van der Waals surface area (Å²) in [5.41, 5.74) is 6.54. The number of benzene rings is 1. The molecule has 1 aromatic carbocycles. The van der Waals surface area contributed by atoms with Crippen molar-refractivity contribution in [1.82, 2.24) is 9.97 Å². The summed E-state index contributed by atoms with van der Waals surface area (Å²) < 4.78 is 0. The lowest BCUT2D eigenvalue weighted by atomic mass is 9.97. The number of nitrogens with one attached hydrogen (secondary N) is 2. The van der Waals surface area contributed by atoms with Crippen LogP contribution in [0.4, 0.5) is 5.69 Å². The maximum Gasteiger partial charge on any atom is 0.113 e. The highest BCUT2D eigenvalue weighted by atomic mass is 14.9.